The first-order chi connectivity index (χ1) is 7.00. The highest BCUT2D eigenvalue weighted by atomic mass is 16.5. The summed E-state index contributed by atoms with van der Waals surface area (Å²) in [5.74, 6) is 0.288. The predicted octanol–water partition coefficient (Wildman–Crippen LogP) is 2.23. The molecule has 1 heterocycles. The molecule has 0 atom stereocenters. The smallest absolute Gasteiger partial charge is 0.309 e. The van der Waals surface area contributed by atoms with Gasteiger partial charge in [-0.2, -0.15) is 4.98 Å². The molecule has 0 unspecified atom stereocenters. The number of carbonyl (C=O) groups is 1. The second-order valence-electron chi connectivity index (χ2n) is 2.91. The van der Waals surface area contributed by atoms with E-state index < -0.39 is 0 Å². The zero-order valence-corrected chi connectivity index (χ0v) is 9.92. The summed E-state index contributed by atoms with van der Waals surface area (Å²) in [6.07, 6.45) is 0. The summed E-state index contributed by atoms with van der Waals surface area (Å²) in [4.78, 5) is 14.6. The number of pyridine rings is 1. The molecule has 0 saturated heterocycles. The highest BCUT2D eigenvalue weighted by Crippen LogP contribution is 2.19. The van der Waals surface area contributed by atoms with Gasteiger partial charge < -0.3 is 10.5 Å². The predicted molar refractivity (Wildman–Crippen MR) is 60.8 cm³/mol. The van der Waals surface area contributed by atoms with Crippen molar-refractivity contribution in [1.82, 2.24) is 4.98 Å². The van der Waals surface area contributed by atoms with E-state index in [9.17, 15) is 4.79 Å². The number of nitrogen functional groups attached to an aromatic ring is 1. The van der Waals surface area contributed by atoms with E-state index >= 15 is 0 Å². The Kier molecular flexibility index (Phi) is 5.37. The molecule has 0 aliphatic rings. The van der Waals surface area contributed by atoms with Crippen LogP contribution >= 0.6 is 0 Å². The second-order valence-corrected chi connectivity index (χ2v) is 2.91. The van der Waals surface area contributed by atoms with Crippen molar-refractivity contribution >= 4 is 11.8 Å². The average molecular weight is 210 g/mol. The Balaban J connectivity index is 0.000000921. The molecule has 4 nitrogen and oxygen atoms in total. The molecule has 84 valence electrons. The molecule has 0 radical (unpaired) electrons. The molecular formula is C11H18N2O2. The van der Waals surface area contributed by atoms with Gasteiger partial charge in [-0.1, -0.05) is 13.8 Å². The average Bonchev–Trinajstić information content (AvgIpc) is 2.17. The van der Waals surface area contributed by atoms with E-state index in [0.29, 0.717) is 5.82 Å². The van der Waals surface area contributed by atoms with E-state index in [1.165, 1.54) is 6.92 Å². The van der Waals surface area contributed by atoms with Crippen LogP contribution in [0.25, 0.3) is 0 Å². The van der Waals surface area contributed by atoms with Crippen molar-refractivity contribution in [1.29, 1.82) is 0 Å². The Hall–Kier alpha value is -1.58. The lowest BCUT2D eigenvalue weighted by Gasteiger charge is -2.06. The van der Waals surface area contributed by atoms with Crippen molar-refractivity contribution in [2.75, 3.05) is 5.73 Å². The van der Waals surface area contributed by atoms with Crippen molar-refractivity contribution < 1.29 is 9.53 Å². The number of esters is 1. The van der Waals surface area contributed by atoms with Gasteiger partial charge in [-0.25, -0.2) is 0 Å². The first kappa shape index (κ1) is 13.4. The van der Waals surface area contributed by atoms with Crippen molar-refractivity contribution in [2.24, 2.45) is 0 Å². The summed E-state index contributed by atoms with van der Waals surface area (Å²) < 4.78 is 4.85. The first-order valence-electron chi connectivity index (χ1n) is 4.93. The summed E-state index contributed by atoms with van der Waals surface area (Å²) in [6, 6.07) is 1.83. The van der Waals surface area contributed by atoms with Crippen molar-refractivity contribution in [3.63, 3.8) is 0 Å². The maximum atomic E-state index is 10.7. The van der Waals surface area contributed by atoms with Crippen LogP contribution < -0.4 is 10.5 Å². The van der Waals surface area contributed by atoms with Crippen LogP contribution in [0.3, 0.4) is 0 Å². The fraction of sp³-hybridized carbons (Fsp3) is 0.455. The third-order valence-electron chi connectivity index (χ3n) is 1.64. The lowest BCUT2D eigenvalue weighted by Crippen LogP contribution is -2.06. The van der Waals surface area contributed by atoms with Gasteiger partial charge in [0.05, 0.1) is 0 Å². The number of rotatable bonds is 1. The van der Waals surface area contributed by atoms with Crippen LogP contribution in [-0.2, 0) is 4.79 Å². The fourth-order valence-electron chi connectivity index (χ4n) is 0.986. The third-order valence-corrected chi connectivity index (χ3v) is 1.64. The zero-order chi connectivity index (χ0) is 12.0. The third kappa shape index (κ3) is 3.97. The van der Waals surface area contributed by atoms with E-state index in [4.69, 9.17) is 10.5 Å². The van der Waals surface area contributed by atoms with Crippen molar-refractivity contribution in [3.8, 4) is 5.88 Å². The summed E-state index contributed by atoms with van der Waals surface area (Å²) in [5.41, 5.74) is 7.25. The highest BCUT2D eigenvalue weighted by Gasteiger charge is 2.06. The van der Waals surface area contributed by atoms with Gasteiger partial charge in [0, 0.05) is 12.5 Å². The number of hydrogen-bond acceptors (Lipinski definition) is 4. The Morgan fingerprint density at radius 2 is 1.87 bits per heavy atom. The molecule has 0 spiro atoms. The van der Waals surface area contributed by atoms with Crippen molar-refractivity contribution in [3.05, 3.63) is 17.2 Å². The molecule has 0 aliphatic heterocycles. The molecule has 0 bridgehead atoms. The number of aromatic nitrogens is 1. The maximum absolute atomic E-state index is 10.7. The van der Waals surface area contributed by atoms with Gasteiger partial charge in [0.2, 0.25) is 5.88 Å². The molecule has 2 N–H and O–H groups in total. The number of nitrogens with two attached hydrogens (primary N) is 1. The summed E-state index contributed by atoms with van der Waals surface area (Å²) in [5, 5.41) is 0. The standard InChI is InChI=1S/C9H12N2O2.C2H6/c1-5-4-6(2)9(11-8(5)10)13-7(3)12;1-2/h4H,1-3H3,(H2,10,11);1-2H3. The second kappa shape index (κ2) is 6.01. The van der Waals surface area contributed by atoms with Crippen LogP contribution in [0.2, 0.25) is 0 Å². The molecule has 0 amide bonds. The normalized spacial score (nSPS) is 8.87. The topological polar surface area (TPSA) is 65.2 Å². The molecule has 1 rings (SSSR count). The van der Waals surface area contributed by atoms with Crippen LogP contribution in [0.4, 0.5) is 5.82 Å². The summed E-state index contributed by atoms with van der Waals surface area (Å²) in [6.45, 7) is 9.00. The molecule has 0 fully saturated rings. The number of aryl methyl sites for hydroxylation is 2. The monoisotopic (exact) mass is 210 g/mol. The SMILES string of the molecule is CC.CC(=O)Oc1nc(N)c(C)cc1C. The molecule has 1 aromatic heterocycles. The quantitative estimate of drug-likeness (QED) is 0.722. The number of hydrogen-bond donors (Lipinski definition) is 1. The molecule has 1 aromatic rings. The Labute approximate surface area is 90.5 Å². The first-order valence-corrected chi connectivity index (χ1v) is 4.93. The Bertz CT molecular complexity index is 349. The van der Waals surface area contributed by atoms with E-state index in [-0.39, 0.29) is 11.8 Å². The van der Waals surface area contributed by atoms with Crippen LogP contribution in [0.1, 0.15) is 31.9 Å². The highest BCUT2D eigenvalue weighted by molar-refractivity contribution is 5.69. The Morgan fingerprint density at radius 3 is 2.33 bits per heavy atom. The minimum absolute atomic E-state index is 0.288. The lowest BCUT2D eigenvalue weighted by atomic mass is 10.2. The van der Waals surface area contributed by atoms with E-state index in [0.717, 1.165) is 11.1 Å². The summed E-state index contributed by atoms with van der Waals surface area (Å²) in [7, 11) is 0. The molecule has 4 heteroatoms. The van der Waals surface area contributed by atoms with Crippen LogP contribution in [0.5, 0.6) is 5.88 Å². The Morgan fingerprint density at radius 1 is 1.33 bits per heavy atom. The van der Waals surface area contributed by atoms with Crippen molar-refractivity contribution in [2.45, 2.75) is 34.6 Å². The zero-order valence-electron chi connectivity index (χ0n) is 9.92. The van der Waals surface area contributed by atoms with Gasteiger partial charge in [-0.05, 0) is 25.5 Å². The van der Waals surface area contributed by atoms with Crippen LogP contribution in [0.15, 0.2) is 6.07 Å². The van der Waals surface area contributed by atoms with Crippen LogP contribution in [0, 0.1) is 13.8 Å². The van der Waals surface area contributed by atoms with Crippen LogP contribution in [-0.4, -0.2) is 11.0 Å². The van der Waals surface area contributed by atoms with E-state index in [1.54, 1.807) is 0 Å². The fourth-order valence-corrected chi connectivity index (χ4v) is 0.986. The number of carbonyl (C=O) groups excluding carboxylic acids is 1. The minimum Gasteiger partial charge on any atom is -0.407 e. The van der Waals surface area contributed by atoms with Gasteiger partial charge in [0.15, 0.2) is 0 Å². The van der Waals surface area contributed by atoms with E-state index in [2.05, 4.69) is 4.98 Å². The van der Waals surface area contributed by atoms with Gasteiger partial charge >= 0.3 is 5.97 Å². The van der Waals surface area contributed by atoms with Gasteiger partial charge in [0.1, 0.15) is 5.82 Å². The number of anilines is 1. The van der Waals surface area contributed by atoms with E-state index in [1.807, 2.05) is 33.8 Å². The molecule has 15 heavy (non-hydrogen) atoms. The number of ether oxygens (including phenoxy) is 1. The largest absolute Gasteiger partial charge is 0.407 e. The van der Waals surface area contributed by atoms with Gasteiger partial charge in [-0.3, -0.25) is 4.79 Å². The van der Waals surface area contributed by atoms with Gasteiger partial charge in [-0.15, -0.1) is 0 Å². The maximum Gasteiger partial charge on any atom is 0.309 e. The molecular weight excluding hydrogens is 192 g/mol. The number of nitrogens with zero attached hydrogens (tertiary/aromatic N) is 1. The molecule has 0 aliphatic carbocycles. The lowest BCUT2D eigenvalue weighted by molar-refractivity contribution is -0.132. The summed E-state index contributed by atoms with van der Waals surface area (Å²) >= 11 is 0. The van der Waals surface area contributed by atoms with Gasteiger partial charge in [0.25, 0.3) is 0 Å². The minimum atomic E-state index is -0.390. The molecule has 0 aromatic carbocycles. The molecule has 0 saturated carbocycles.